The molecule has 0 aliphatic carbocycles. The molecule has 2 amide bonds. The molecule has 0 saturated heterocycles. The molecule has 0 atom stereocenters. The summed E-state index contributed by atoms with van der Waals surface area (Å²) >= 11 is 3.33. The zero-order chi connectivity index (χ0) is 18.6. The highest BCUT2D eigenvalue weighted by atomic mass is 79.9. The van der Waals surface area contributed by atoms with Gasteiger partial charge in [0.2, 0.25) is 5.91 Å². The molecule has 6 nitrogen and oxygen atoms in total. The van der Waals surface area contributed by atoms with E-state index in [0.29, 0.717) is 22.5 Å². The molecule has 0 unspecified atom stereocenters. The van der Waals surface area contributed by atoms with Crippen LogP contribution in [0.2, 0.25) is 0 Å². The summed E-state index contributed by atoms with van der Waals surface area (Å²) in [5.74, 6) is -0.689. The third-order valence-electron chi connectivity index (χ3n) is 3.19. The van der Waals surface area contributed by atoms with E-state index in [1.165, 1.54) is 6.92 Å². The van der Waals surface area contributed by atoms with Gasteiger partial charge in [-0.25, -0.2) is 8.42 Å². The fourth-order valence-electron chi connectivity index (χ4n) is 2.17. The zero-order valence-electron chi connectivity index (χ0n) is 13.7. The van der Waals surface area contributed by atoms with Gasteiger partial charge in [-0.2, -0.15) is 0 Å². The van der Waals surface area contributed by atoms with Crippen molar-refractivity contribution in [2.24, 2.45) is 0 Å². The van der Waals surface area contributed by atoms with Gasteiger partial charge in [-0.15, -0.1) is 0 Å². The lowest BCUT2D eigenvalue weighted by atomic mass is 10.1. The van der Waals surface area contributed by atoms with Crippen molar-refractivity contribution in [1.82, 2.24) is 0 Å². The Balaban J connectivity index is 2.19. The maximum absolute atomic E-state index is 12.4. The van der Waals surface area contributed by atoms with Gasteiger partial charge >= 0.3 is 0 Å². The van der Waals surface area contributed by atoms with Gasteiger partial charge in [-0.05, 0) is 35.9 Å². The number of benzene rings is 2. The van der Waals surface area contributed by atoms with Gasteiger partial charge in [0.25, 0.3) is 5.91 Å². The fourth-order valence-corrected chi connectivity index (χ4v) is 3.33. The molecule has 0 fully saturated rings. The lowest BCUT2D eigenvalue weighted by Crippen LogP contribution is -2.15. The van der Waals surface area contributed by atoms with E-state index in [-0.39, 0.29) is 17.6 Å². The average Bonchev–Trinajstić information content (AvgIpc) is 2.48. The van der Waals surface area contributed by atoms with Gasteiger partial charge in [0.15, 0.2) is 9.84 Å². The van der Waals surface area contributed by atoms with Crippen LogP contribution in [0.5, 0.6) is 0 Å². The molecule has 0 aliphatic heterocycles. The normalized spacial score (nSPS) is 11.0. The first-order chi connectivity index (χ1) is 11.6. The van der Waals surface area contributed by atoms with Crippen molar-refractivity contribution in [3.05, 3.63) is 58.1 Å². The first kappa shape index (κ1) is 19.1. The minimum Gasteiger partial charge on any atom is -0.325 e. The Labute approximate surface area is 154 Å². The summed E-state index contributed by atoms with van der Waals surface area (Å²) in [5.41, 5.74) is 1.93. The van der Waals surface area contributed by atoms with Crippen LogP contribution in [0, 0.1) is 0 Å². The first-order valence-corrected chi connectivity index (χ1v) is 10.1. The summed E-state index contributed by atoms with van der Waals surface area (Å²) in [4.78, 5) is 23.7. The Kier molecular flexibility index (Phi) is 5.97. The number of carbonyl (C=O) groups is 2. The van der Waals surface area contributed by atoms with Gasteiger partial charge in [0, 0.05) is 23.2 Å². The number of rotatable bonds is 5. The summed E-state index contributed by atoms with van der Waals surface area (Å²) in [6.07, 6.45) is 1.16. The molecule has 0 bridgehead atoms. The summed E-state index contributed by atoms with van der Waals surface area (Å²) in [7, 11) is -3.13. The van der Waals surface area contributed by atoms with Crippen molar-refractivity contribution in [1.29, 1.82) is 0 Å². The molecule has 0 saturated carbocycles. The molecule has 25 heavy (non-hydrogen) atoms. The number of carbonyl (C=O) groups excluding carboxylic acids is 2. The van der Waals surface area contributed by atoms with Gasteiger partial charge in [0.05, 0.1) is 17.1 Å². The Morgan fingerprint density at radius 3 is 2.20 bits per heavy atom. The summed E-state index contributed by atoms with van der Waals surface area (Å²) in [6, 6.07) is 11.4. The third kappa shape index (κ3) is 5.99. The number of anilines is 2. The van der Waals surface area contributed by atoms with Crippen molar-refractivity contribution < 1.29 is 18.0 Å². The van der Waals surface area contributed by atoms with Crippen LogP contribution in [0.1, 0.15) is 22.8 Å². The van der Waals surface area contributed by atoms with E-state index >= 15 is 0 Å². The number of sulfone groups is 1. The molecule has 0 spiro atoms. The van der Waals surface area contributed by atoms with Crippen molar-refractivity contribution in [2.45, 2.75) is 12.7 Å². The van der Waals surface area contributed by atoms with Crippen molar-refractivity contribution in [2.75, 3.05) is 16.9 Å². The van der Waals surface area contributed by atoms with Gasteiger partial charge in [-0.3, -0.25) is 9.59 Å². The van der Waals surface area contributed by atoms with Crippen molar-refractivity contribution in [3.8, 4) is 0 Å². The predicted molar refractivity (Wildman–Crippen MR) is 101 cm³/mol. The zero-order valence-corrected chi connectivity index (χ0v) is 16.1. The molecular weight excluding hydrogens is 408 g/mol. The predicted octanol–water partition coefficient (Wildman–Crippen LogP) is 3.20. The molecule has 2 aromatic rings. The smallest absolute Gasteiger partial charge is 0.255 e. The fraction of sp³-hybridized carbons (Fsp3) is 0.176. The number of amides is 2. The molecule has 2 N–H and O–H groups in total. The summed E-state index contributed by atoms with van der Waals surface area (Å²) in [5, 5.41) is 5.39. The van der Waals surface area contributed by atoms with Crippen LogP contribution in [0.4, 0.5) is 11.4 Å². The van der Waals surface area contributed by atoms with E-state index in [2.05, 4.69) is 26.6 Å². The van der Waals surface area contributed by atoms with Gasteiger partial charge in [0.1, 0.15) is 0 Å². The largest absolute Gasteiger partial charge is 0.325 e. The molecule has 2 rings (SSSR count). The van der Waals surface area contributed by atoms with Crippen LogP contribution in [0.25, 0.3) is 0 Å². The second-order valence-electron chi connectivity index (χ2n) is 5.59. The number of halogens is 1. The average molecular weight is 425 g/mol. The Bertz CT molecular complexity index is 909. The maximum Gasteiger partial charge on any atom is 0.255 e. The first-order valence-electron chi connectivity index (χ1n) is 7.29. The minimum absolute atomic E-state index is 0.0762. The molecule has 0 heterocycles. The number of hydrogen-bond acceptors (Lipinski definition) is 4. The summed E-state index contributed by atoms with van der Waals surface area (Å²) in [6.45, 7) is 1.38. The lowest BCUT2D eigenvalue weighted by Gasteiger charge is -2.12. The second kappa shape index (κ2) is 7.79. The standard InChI is InChI=1S/C17H17BrN2O4S/c1-11(21)19-15-8-7-14(18)9-16(15)20-17(22)13-5-3-12(4-6-13)10-25(2,23)24/h3-9H,10H2,1-2H3,(H,19,21)(H,20,22). The van der Waals surface area contributed by atoms with E-state index in [1.54, 1.807) is 42.5 Å². The summed E-state index contributed by atoms with van der Waals surface area (Å²) < 4.78 is 23.4. The maximum atomic E-state index is 12.4. The van der Waals surface area contributed by atoms with Crippen LogP contribution in [-0.2, 0) is 20.4 Å². The Morgan fingerprint density at radius 1 is 1.00 bits per heavy atom. The third-order valence-corrected chi connectivity index (χ3v) is 4.54. The highest BCUT2D eigenvalue weighted by Crippen LogP contribution is 2.26. The van der Waals surface area contributed by atoms with Gasteiger partial charge < -0.3 is 10.6 Å². The lowest BCUT2D eigenvalue weighted by molar-refractivity contribution is -0.114. The SMILES string of the molecule is CC(=O)Nc1ccc(Br)cc1NC(=O)c1ccc(CS(C)(=O)=O)cc1. The molecule has 0 aliphatic rings. The quantitative estimate of drug-likeness (QED) is 0.770. The number of nitrogens with one attached hydrogen (secondary N) is 2. The van der Waals surface area contributed by atoms with E-state index in [0.717, 1.165) is 10.7 Å². The van der Waals surface area contributed by atoms with E-state index in [9.17, 15) is 18.0 Å². The van der Waals surface area contributed by atoms with Crippen LogP contribution in [-0.4, -0.2) is 26.5 Å². The van der Waals surface area contributed by atoms with Gasteiger partial charge in [-0.1, -0.05) is 28.1 Å². The molecule has 132 valence electrons. The highest BCUT2D eigenvalue weighted by Gasteiger charge is 2.12. The monoisotopic (exact) mass is 424 g/mol. The van der Waals surface area contributed by atoms with Crippen molar-refractivity contribution >= 4 is 49.0 Å². The molecule has 8 heteroatoms. The molecule has 2 aromatic carbocycles. The van der Waals surface area contributed by atoms with Crippen LogP contribution in [0.15, 0.2) is 46.9 Å². The molecule has 0 radical (unpaired) electrons. The van der Waals surface area contributed by atoms with E-state index in [4.69, 9.17) is 0 Å². The molecular formula is C17H17BrN2O4S. The van der Waals surface area contributed by atoms with Crippen molar-refractivity contribution in [3.63, 3.8) is 0 Å². The minimum atomic E-state index is -3.13. The van der Waals surface area contributed by atoms with Crippen LogP contribution < -0.4 is 10.6 Å². The van der Waals surface area contributed by atoms with E-state index < -0.39 is 9.84 Å². The van der Waals surface area contributed by atoms with Crippen LogP contribution in [0.3, 0.4) is 0 Å². The highest BCUT2D eigenvalue weighted by molar-refractivity contribution is 9.10. The van der Waals surface area contributed by atoms with E-state index in [1.807, 2.05) is 0 Å². The topological polar surface area (TPSA) is 92.3 Å². The van der Waals surface area contributed by atoms with Crippen LogP contribution >= 0.6 is 15.9 Å². The number of hydrogen-bond donors (Lipinski definition) is 2. The second-order valence-corrected chi connectivity index (χ2v) is 8.65. The Hall–Kier alpha value is -2.19. The molecule has 0 aromatic heterocycles. The Morgan fingerprint density at radius 2 is 1.64 bits per heavy atom.